The van der Waals surface area contributed by atoms with E-state index in [2.05, 4.69) is 32.7 Å². The van der Waals surface area contributed by atoms with Crippen LogP contribution in [0.3, 0.4) is 0 Å². The van der Waals surface area contributed by atoms with Gasteiger partial charge in [-0.25, -0.2) is 0 Å². The minimum absolute atomic E-state index is 0.0578. The maximum Gasteiger partial charge on any atom is 0.250 e. The predicted octanol–water partition coefficient (Wildman–Crippen LogP) is 2.36. The lowest BCUT2D eigenvalue weighted by atomic mass is 10.2. The molecular formula is C16H29N2O2+. The van der Waals surface area contributed by atoms with Crippen LogP contribution in [0.5, 0.6) is 0 Å². The summed E-state index contributed by atoms with van der Waals surface area (Å²) in [5.74, 6) is 1.75. The van der Waals surface area contributed by atoms with Crippen LogP contribution in [0.25, 0.3) is 0 Å². The standard InChI is InChI=1S/C16H29N2O2/c1-6-17(5)15(18(7-2)10-11-18)14(13(3)19)20-12-16(4)8-9-16/h6-12H2,1-5H3/q+1/b15-14-. The highest BCUT2D eigenvalue weighted by Gasteiger charge is 2.50. The molecule has 1 saturated heterocycles. The molecule has 0 radical (unpaired) electrons. The first-order chi connectivity index (χ1) is 9.37. The summed E-state index contributed by atoms with van der Waals surface area (Å²) < 4.78 is 6.92. The van der Waals surface area contributed by atoms with Crippen molar-refractivity contribution in [1.82, 2.24) is 4.90 Å². The third-order valence-corrected chi connectivity index (χ3v) is 4.85. The zero-order chi connectivity index (χ0) is 15.0. The summed E-state index contributed by atoms with van der Waals surface area (Å²) in [4.78, 5) is 14.3. The number of quaternary nitrogens is 1. The molecule has 114 valence electrons. The van der Waals surface area contributed by atoms with Gasteiger partial charge in [0.2, 0.25) is 11.5 Å². The van der Waals surface area contributed by atoms with E-state index in [1.54, 1.807) is 6.92 Å². The van der Waals surface area contributed by atoms with Gasteiger partial charge in [0.1, 0.15) is 13.1 Å². The summed E-state index contributed by atoms with van der Waals surface area (Å²) in [6, 6.07) is 0. The van der Waals surface area contributed by atoms with Gasteiger partial charge in [0.05, 0.1) is 13.2 Å². The van der Waals surface area contributed by atoms with Gasteiger partial charge in [-0.2, -0.15) is 0 Å². The Labute approximate surface area is 123 Å². The van der Waals surface area contributed by atoms with E-state index in [-0.39, 0.29) is 5.78 Å². The van der Waals surface area contributed by atoms with E-state index in [1.165, 1.54) is 12.8 Å². The molecule has 1 aliphatic carbocycles. The SMILES string of the molecule is CCN(C)/C(=C(/OCC1(C)CC1)C(C)=O)[N+]1(CC)CC1. The Balaban J connectivity index is 2.28. The molecule has 0 N–H and O–H groups in total. The third-order valence-electron chi connectivity index (χ3n) is 4.85. The second-order valence-electron chi connectivity index (χ2n) is 6.73. The van der Waals surface area contributed by atoms with Crippen LogP contribution in [0, 0.1) is 5.41 Å². The Morgan fingerprint density at radius 3 is 2.25 bits per heavy atom. The van der Waals surface area contributed by atoms with Crippen molar-refractivity contribution in [2.75, 3.05) is 39.8 Å². The number of hydrogen-bond acceptors (Lipinski definition) is 3. The number of hydrogen-bond donors (Lipinski definition) is 0. The molecule has 1 saturated carbocycles. The second-order valence-corrected chi connectivity index (χ2v) is 6.73. The fraction of sp³-hybridized carbons (Fsp3) is 0.812. The van der Waals surface area contributed by atoms with Crippen molar-refractivity contribution < 1.29 is 14.0 Å². The summed E-state index contributed by atoms with van der Waals surface area (Å²) in [7, 11) is 2.06. The molecule has 20 heavy (non-hydrogen) atoms. The molecule has 0 amide bonds. The molecule has 0 aromatic heterocycles. The number of nitrogens with zero attached hydrogens (tertiary/aromatic N) is 2. The van der Waals surface area contributed by atoms with Crippen molar-refractivity contribution in [3.63, 3.8) is 0 Å². The third kappa shape index (κ3) is 3.00. The highest BCUT2D eigenvalue weighted by molar-refractivity contribution is 5.91. The minimum atomic E-state index is 0.0578. The average Bonchev–Trinajstić information content (AvgIpc) is 3.32. The molecule has 1 aliphatic heterocycles. The fourth-order valence-corrected chi connectivity index (χ4v) is 2.63. The molecule has 0 aromatic rings. The zero-order valence-electron chi connectivity index (χ0n) is 13.7. The van der Waals surface area contributed by atoms with Gasteiger partial charge in [0.25, 0.3) is 5.82 Å². The molecule has 2 rings (SSSR count). The van der Waals surface area contributed by atoms with Gasteiger partial charge in [-0.3, -0.25) is 9.28 Å². The molecule has 2 aliphatic rings. The van der Waals surface area contributed by atoms with Gasteiger partial charge in [0, 0.05) is 25.9 Å². The van der Waals surface area contributed by atoms with Crippen LogP contribution < -0.4 is 0 Å². The fourth-order valence-electron chi connectivity index (χ4n) is 2.63. The van der Waals surface area contributed by atoms with Crippen LogP contribution in [0.2, 0.25) is 0 Å². The summed E-state index contributed by atoms with van der Waals surface area (Å²) in [6.07, 6.45) is 2.43. The smallest absolute Gasteiger partial charge is 0.250 e. The molecule has 4 heteroatoms. The second kappa shape index (κ2) is 5.40. The van der Waals surface area contributed by atoms with Crippen molar-refractivity contribution in [3.8, 4) is 0 Å². The summed E-state index contributed by atoms with van der Waals surface area (Å²) >= 11 is 0. The van der Waals surface area contributed by atoms with Gasteiger partial charge in [0.15, 0.2) is 0 Å². The van der Waals surface area contributed by atoms with E-state index in [4.69, 9.17) is 4.74 Å². The first kappa shape index (κ1) is 15.4. The van der Waals surface area contributed by atoms with Crippen molar-refractivity contribution in [3.05, 3.63) is 11.6 Å². The zero-order valence-corrected chi connectivity index (χ0v) is 13.7. The number of ether oxygens (including phenoxy) is 1. The number of carbonyl (C=O) groups is 1. The molecule has 0 atom stereocenters. The van der Waals surface area contributed by atoms with Crippen LogP contribution >= 0.6 is 0 Å². The van der Waals surface area contributed by atoms with E-state index >= 15 is 0 Å². The number of Topliss-reactive ketones (excluding diaryl/α,β-unsaturated/α-hetero) is 1. The highest BCUT2D eigenvalue weighted by Crippen LogP contribution is 2.45. The number of ketones is 1. The normalized spacial score (nSPS) is 22.9. The van der Waals surface area contributed by atoms with Crippen LogP contribution in [0.15, 0.2) is 11.6 Å². The molecule has 0 aromatic carbocycles. The number of rotatable bonds is 8. The van der Waals surface area contributed by atoms with Gasteiger partial charge in [-0.1, -0.05) is 6.92 Å². The van der Waals surface area contributed by atoms with Gasteiger partial charge < -0.3 is 9.64 Å². The van der Waals surface area contributed by atoms with Crippen LogP contribution in [-0.4, -0.2) is 55.0 Å². The Kier molecular flexibility index (Phi) is 4.14. The summed E-state index contributed by atoms with van der Waals surface area (Å²) in [5, 5.41) is 0. The van der Waals surface area contributed by atoms with Gasteiger partial charge >= 0.3 is 0 Å². The van der Waals surface area contributed by atoms with Crippen LogP contribution in [0.1, 0.15) is 40.5 Å². The predicted molar refractivity (Wildman–Crippen MR) is 79.8 cm³/mol. The van der Waals surface area contributed by atoms with Crippen molar-refractivity contribution in [2.24, 2.45) is 5.41 Å². The number of likely N-dealkylation sites (N-methyl/N-ethyl adjacent to an activating group) is 1. The van der Waals surface area contributed by atoms with Gasteiger partial charge in [-0.05, 0) is 26.7 Å². The van der Waals surface area contributed by atoms with Gasteiger partial charge in [-0.15, -0.1) is 0 Å². The molecule has 0 unspecified atom stereocenters. The molecule has 0 bridgehead atoms. The first-order valence-corrected chi connectivity index (χ1v) is 7.83. The molecule has 2 fully saturated rings. The maximum absolute atomic E-state index is 12.1. The number of carbonyl (C=O) groups excluding carboxylic acids is 1. The average molecular weight is 281 g/mol. The first-order valence-electron chi connectivity index (χ1n) is 7.83. The Hall–Kier alpha value is -1.03. The molecule has 0 spiro atoms. The van der Waals surface area contributed by atoms with E-state index in [1.807, 2.05) is 0 Å². The van der Waals surface area contributed by atoms with E-state index in [0.717, 1.165) is 36.5 Å². The molecular weight excluding hydrogens is 252 g/mol. The highest BCUT2D eigenvalue weighted by atomic mass is 16.5. The Morgan fingerprint density at radius 1 is 1.30 bits per heavy atom. The monoisotopic (exact) mass is 281 g/mol. The van der Waals surface area contributed by atoms with Crippen molar-refractivity contribution >= 4 is 5.78 Å². The summed E-state index contributed by atoms with van der Waals surface area (Å²) in [6.45, 7) is 13.0. The topological polar surface area (TPSA) is 29.5 Å². The van der Waals surface area contributed by atoms with Crippen molar-refractivity contribution in [1.29, 1.82) is 0 Å². The lowest BCUT2D eigenvalue weighted by molar-refractivity contribution is -0.767. The number of allylic oxidation sites excluding steroid dienone is 1. The minimum Gasteiger partial charge on any atom is -0.483 e. The van der Waals surface area contributed by atoms with E-state index < -0.39 is 0 Å². The van der Waals surface area contributed by atoms with E-state index in [0.29, 0.717) is 17.8 Å². The molecule has 1 heterocycles. The summed E-state index contributed by atoms with van der Waals surface area (Å²) in [5.41, 5.74) is 0.298. The quantitative estimate of drug-likeness (QED) is 0.296. The lowest BCUT2D eigenvalue weighted by Gasteiger charge is -2.29. The van der Waals surface area contributed by atoms with E-state index in [9.17, 15) is 4.79 Å². The Bertz CT molecular complexity index is 420. The Morgan fingerprint density at radius 2 is 1.90 bits per heavy atom. The lowest BCUT2D eigenvalue weighted by Crippen LogP contribution is -2.38. The largest absolute Gasteiger partial charge is 0.483 e. The molecule has 4 nitrogen and oxygen atoms in total. The van der Waals surface area contributed by atoms with Crippen molar-refractivity contribution in [2.45, 2.75) is 40.5 Å². The maximum atomic E-state index is 12.1. The van der Waals surface area contributed by atoms with Crippen LogP contribution in [-0.2, 0) is 9.53 Å². The van der Waals surface area contributed by atoms with Crippen LogP contribution in [0.4, 0.5) is 0 Å².